The van der Waals surface area contributed by atoms with Crippen LogP contribution >= 0.6 is 0 Å². The van der Waals surface area contributed by atoms with Crippen molar-refractivity contribution in [2.75, 3.05) is 39.3 Å². The highest BCUT2D eigenvalue weighted by Gasteiger charge is 2.15. The van der Waals surface area contributed by atoms with Crippen LogP contribution in [0, 0.1) is 0 Å². The number of aliphatic hydroxyl groups excluding tert-OH is 1. The van der Waals surface area contributed by atoms with E-state index in [0.717, 1.165) is 42.7 Å². The van der Waals surface area contributed by atoms with E-state index >= 15 is 0 Å². The van der Waals surface area contributed by atoms with Gasteiger partial charge < -0.3 is 15.2 Å². The van der Waals surface area contributed by atoms with Crippen molar-refractivity contribution in [2.45, 2.75) is 6.10 Å². The quantitative estimate of drug-likeness (QED) is 0.874. The number of aliphatic hydroxyl groups is 1. The minimum absolute atomic E-state index is 0.331. The SMILES string of the molecule is O[C@H](COc1cccc2ccccc12)CN1CCNCC1. The molecule has 1 heterocycles. The molecular weight excluding hydrogens is 264 g/mol. The molecule has 21 heavy (non-hydrogen) atoms. The summed E-state index contributed by atoms with van der Waals surface area (Å²) < 4.78 is 5.83. The molecule has 0 saturated carbocycles. The molecule has 0 amide bonds. The van der Waals surface area contributed by atoms with Crippen molar-refractivity contribution in [1.82, 2.24) is 10.2 Å². The number of piperazine rings is 1. The fourth-order valence-electron chi connectivity index (χ4n) is 2.75. The lowest BCUT2D eigenvalue weighted by molar-refractivity contribution is 0.0646. The first kappa shape index (κ1) is 14.3. The number of nitrogens with one attached hydrogen (secondary N) is 1. The maximum Gasteiger partial charge on any atom is 0.127 e. The lowest BCUT2D eigenvalue weighted by atomic mass is 10.1. The fraction of sp³-hybridized carbons (Fsp3) is 0.412. The molecule has 1 saturated heterocycles. The Morgan fingerprint density at radius 1 is 1.10 bits per heavy atom. The predicted molar refractivity (Wildman–Crippen MR) is 84.8 cm³/mol. The van der Waals surface area contributed by atoms with E-state index in [9.17, 15) is 5.11 Å². The maximum atomic E-state index is 10.1. The van der Waals surface area contributed by atoms with Crippen LogP contribution in [-0.2, 0) is 0 Å². The Bertz CT molecular complexity index is 577. The van der Waals surface area contributed by atoms with E-state index < -0.39 is 6.10 Å². The van der Waals surface area contributed by atoms with E-state index in [4.69, 9.17) is 4.74 Å². The molecule has 0 spiro atoms. The molecule has 1 fully saturated rings. The summed E-state index contributed by atoms with van der Waals surface area (Å²) in [7, 11) is 0. The van der Waals surface area contributed by atoms with Gasteiger partial charge >= 0.3 is 0 Å². The van der Waals surface area contributed by atoms with Gasteiger partial charge in [-0.25, -0.2) is 0 Å². The van der Waals surface area contributed by atoms with E-state index in [1.165, 1.54) is 0 Å². The van der Waals surface area contributed by atoms with E-state index in [2.05, 4.69) is 22.3 Å². The van der Waals surface area contributed by atoms with Gasteiger partial charge in [0.15, 0.2) is 0 Å². The molecule has 1 atom stereocenters. The number of hydrogen-bond donors (Lipinski definition) is 2. The van der Waals surface area contributed by atoms with Gasteiger partial charge in [-0.05, 0) is 11.5 Å². The van der Waals surface area contributed by atoms with Crippen LogP contribution in [0.5, 0.6) is 5.75 Å². The van der Waals surface area contributed by atoms with Crippen LogP contribution in [-0.4, -0.2) is 55.4 Å². The normalized spacial score (nSPS) is 17.8. The molecule has 2 N–H and O–H groups in total. The van der Waals surface area contributed by atoms with Crippen molar-refractivity contribution in [1.29, 1.82) is 0 Å². The second kappa shape index (κ2) is 6.89. The van der Waals surface area contributed by atoms with Gasteiger partial charge in [0.2, 0.25) is 0 Å². The smallest absolute Gasteiger partial charge is 0.127 e. The van der Waals surface area contributed by atoms with Crippen LogP contribution < -0.4 is 10.1 Å². The van der Waals surface area contributed by atoms with Crippen LogP contribution in [0.15, 0.2) is 42.5 Å². The van der Waals surface area contributed by atoms with E-state index in [1.807, 2.05) is 30.3 Å². The summed E-state index contributed by atoms with van der Waals surface area (Å²) in [5, 5.41) is 15.7. The van der Waals surface area contributed by atoms with Gasteiger partial charge in [0.1, 0.15) is 18.5 Å². The van der Waals surface area contributed by atoms with E-state index in [0.29, 0.717) is 13.2 Å². The number of nitrogens with zero attached hydrogens (tertiary/aromatic N) is 1. The topological polar surface area (TPSA) is 44.7 Å². The van der Waals surface area contributed by atoms with Crippen molar-refractivity contribution in [3.05, 3.63) is 42.5 Å². The van der Waals surface area contributed by atoms with Gasteiger partial charge in [-0.1, -0.05) is 36.4 Å². The van der Waals surface area contributed by atoms with Gasteiger partial charge in [0.25, 0.3) is 0 Å². The van der Waals surface area contributed by atoms with Gasteiger partial charge in [-0.3, -0.25) is 4.90 Å². The Hall–Kier alpha value is -1.62. The zero-order valence-electron chi connectivity index (χ0n) is 12.2. The molecule has 0 aromatic heterocycles. The Morgan fingerprint density at radius 3 is 2.71 bits per heavy atom. The Morgan fingerprint density at radius 2 is 1.86 bits per heavy atom. The average molecular weight is 286 g/mol. The highest BCUT2D eigenvalue weighted by atomic mass is 16.5. The number of rotatable bonds is 5. The zero-order valence-corrected chi connectivity index (χ0v) is 12.2. The summed E-state index contributed by atoms with van der Waals surface area (Å²) >= 11 is 0. The van der Waals surface area contributed by atoms with Gasteiger partial charge in [-0.15, -0.1) is 0 Å². The van der Waals surface area contributed by atoms with Crippen molar-refractivity contribution in [3.63, 3.8) is 0 Å². The molecule has 0 radical (unpaired) electrons. The van der Waals surface area contributed by atoms with Crippen molar-refractivity contribution in [2.24, 2.45) is 0 Å². The zero-order chi connectivity index (χ0) is 14.5. The number of fused-ring (bicyclic) bond motifs is 1. The Labute approximate surface area is 125 Å². The molecule has 0 unspecified atom stereocenters. The Balaban J connectivity index is 1.58. The highest BCUT2D eigenvalue weighted by molar-refractivity contribution is 5.88. The average Bonchev–Trinajstić information content (AvgIpc) is 2.54. The van der Waals surface area contributed by atoms with Gasteiger partial charge in [0, 0.05) is 38.1 Å². The highest BCUT2D eigenvalue weighted by Crippen LogP contribution is 2.25. The summed E-state index contributed by atoms with van der Waals surface area (Å²) in [5.74, 6) is 0.840. The van der Waals surface area contributed by atoms with Crippen LogP contribution in [0.4, 0.5) is 0 Å². The molecular formula is C17H22N2O2. The van der Waals surface area contributed by atoms with Gasteiger partial charge in [0.05, 0.1) is 0 Å². The largest absolute Gasteiger partial charge is 0.490 e. The molecule has 3 rings (SSSR count). The molecule has 2 aromatic carbocycles. The lowest BCUT2D eigenvalue weighted by Gasteiger charge is -2.29. The van der Waals surface area contributed by atoms with Crippen molar-refractivity contribution in [3.8, 4) is 5.75 Å². The second-order valence-electron chi connectivity index (χ2n) is 5.49. The second-order valence-corrected chi connectivity index (χ2v) is 5.49. The first-order chi connectivity index (χ1) is 10.3. The van der Waals surface area contributed by atoms with Crippen LogP contribution in [0.1, 0.15) is 0 Å². The number of ether oxygens (including phenoxy) is 1. The molecule has 1 aliphatic heterocycles. The van der Waals surface area contributed by atoms with E-state index in [1.54, 1.807) is 0 Å². The summed E-state index contributed by atoms with van der Waals surface area (Å²) in [6.07, 6.45) is -0.456. The first-order valence-electron chi connectivity index (χ1n) is 7.54. The third-order valence-corrected chi connectivity index (χ3v) is 3.86. The summed E-state index contributed by atoms with van der Waals surface area (Å²) in [6, 6.07) is 14.2. The predicted octanol–water partition coefficient (Wildman–Crippen LogP) is 1.48. The molecule has 0 bridgehead atoms. The van der Waals surface area contributed by atoms with Crippen LogP contribution in [0.25, 0.3) is 10.8 Å². The molecule has 0 aliphatic carbocycles. The van der Waals surface area contributed by atoms with Crippen molar-refractivity contribution < 1.29 is 9.84 Å². The van der Waals surface area contributed by atoms with Gasteiger partial charge in [-0.2, -0.15) is 0 Å². The van der Waals surface area contributed by atoms with E-state index in [-0.39, 0.29) is 0 Å². The summed E-state index contributed by atoms with van der Waals surface area (Å²) in [4.78, 5) is 2.27. The fourth-order valence-corrected chi connectivity index (χ4v) is 2.75. The number of hydrogen-bond acceptors (Lipinski definition) is 4. The third-order valence-electron chi connectivity index (χ3n) is 3.86. The molecule has 112 valence electrons. The molecule has 4 heteroatoms. The number of β-amino-alcohol motifs (C(OH)–C–C–N with tert-alkyl or cyclic N) is 1. The minimum atomic E-state index is -0.456. The summed E-state index contributed by atoms with van der Waals surface area (Å²) in [5.41, 5.74) is 0. The first-order valence-corrected chi connectivity index (χ1v) is 7.54. The maximum absolute atomic E-state index is 10.1. The summed E-state index contributed by atoms with van der Waals surface area (Å²) in [6.45, 7) is 4.98. The monoisotopic (exact) mass is 286 g/mol. The van der Waals surface area contributed by atoms with Crippen LogP contribution in [0.3, 0.4) is 0 Å². The molecule has 1 aliphatic rings. The third kappa shape index (κ3) is 3.73. The Kier molecular flexibility index (Phi) is 4.70. The molecule has 4 nitrogen and oxygen atoms in total. The number of benzene rings is 2. The van der Waals surface area contributed by atoms with Crippen LogP contribution in [0.2, 0.25) is 0 Å². The van der Waals surface area contributed by atoms with Crippen molar-refractivity contribution >= 4 is 10.8 Å². The molecule has 2 aromatic rings. The lowest BCUT2D eigenvalue weighted by Crippen LogP contribution is -2.47. The standard InChI is InChI=1S/C17H22N2O2/c20-15(12-19-10-8-18-9-11-19)13-21-17-7-3-5-14-4-1-2-6-16(14)17/h1-7,15,18,20H,8-13H2/t15-/m0/s1. The minimum Gasteiger partial charge on any atom is -0.490 e.